The fourth-order valence-corrected chi connectivity index (χ4v) is 8.94. The maximum absolute atomic E-state index is 14.0. The van der Waals surface area contributed by atoms with E-state index in [1.165, 1.54) is 24.1 Å². The summed E-state index contributed by atoms with van der Waals surface area (Å²) in [7, 11) is 3.13. The van der Waals surface area contributed by atoms with Crippen molar-refractivity contribution in [3.8, 4) is 11.5 Å². The van der Waals surface area contributed by atoms with Crippen LogP contribution in [0.2, 0.25) is 20.1 Å². The van der Waals surface area contributed by atoms with Crippen LogP contribution in [0.4, 0.5) is 38.9 Å². The number of nitrogens with one attached hydrogen (secondary N) is 2. The number of nitrogens with zero attached hydrogens (tertiary/aromatic N) is 3. The molecule has 6 rings (SSSR count). The van der Waals surface area contributed by atoms with Crippen LogP contribution in [-0.4, -0.2) is 40.3 Å². The van der Waals surface area contributed by atoms with E-state index in [2.05, 4.69) is 17.6 Å². The molecule has 2 amide bonds. The molecule has 6 aromatic carbocycles. The van der Waals surface area contributed by atoms with Gasteiger partial charge < -0.3 is 36.1 Å². The molecule has 0 saturated heterocycles. The Morgan fingerprint density at radius 2 is 1.09 bits per heavy atom. The number of aliphatic hydroxyl groups excluding tert-OH is 2. The summed E-state index contributed by atoms with van der Waals surface area (Å²) in [6.45, 7) is 10.9. The minimum atomic E-state index is -0.539. The van der Waals surface area contributed by atoms with Crippen molar-refractivity contribution >= 4 is 114 Å². The van der Waals surface area contributed by atoms with E-state index in [1.807, 2.05) is 82.3 Å². The van der Waals surface area contributed by atoms with Crippen molar-refractivity contribution in [1.29, 1.82) is 0 Å². The number of halogens is 4. The first-order valence-corrected chi connectivity index (χ1v) is 24.5. The number of aliphatic hydroxyl groups is 2. The molecule has 2 atom stereocenters. The molecule has 0 aliphatic carbocycles. The van der Waals surface area contributed by atoms with Crippen LogP contribution in [-0.2, 0) is 38.9 Å². The van der Waals surface area contributed by atoms with E-state index in [-0.39, 0.29) is 62.6 Å². The zero-order valence-electron chi connectivity index (χ0n) is 42.3. The minimum absolute atomic E-state index is 0. The number of hydrogen-bond acceptors (Lipinski definition) is 11. The first-order chi connectivity index (χ1) is 34.3. The smallest absolute Gasteiger partial charge is 0.326 e. The Balaban J connectivity index is 0.000000424. The number of amides is 2. The Kier molecular flexibility index (Phi) is 26.7. The molecule has 0 heterocycles. The molecule has 0 bridgehead atoms. The van der Waals surface area contributed by atoms with Gasteiger partial charge in [-0.25, -0.2) is 4.79 Å². The number of nitrogen functional groups attached to an aromatic ring is 1. The van der Waals surface area contributed by atoms with E-state index in [0.29, 0.717) is 80.8 Å². The molecule has 0 saturated carbocycles. The van der Waals surface area contributed by atoms with Crippen molar-refractivity contribution in [1.82, 2.24) is 0 Å². The van der Waals surface area contributed by atoms with E-state index < -0.39 is 21.9 Å². The average molecular weight is 1140 g/mol. The molecule has 6 aromatic rings. The van der Waals surface area contributed by atoms with Crippen molar-refractivity contribution in [2.24, 2.45) is 0 Å². The van der Waals surface area contributed by atoms with Gasteiger partial charge in [0, 0.05) is 50.7 Å². The topological polar surface area (TPSA) is 216 Å². The monoisotopic (exact) mass is 1130 g/mol. The number of ether oxygens (including phenoxy) is 2. The van der Waals surface area contributed by atoms with Crippen molar-refractivity contribution in [3.05, 3.63) is 182 Å². The number of nitro groups is 2. The van der Waals surface area contributed by atoms with Crippen molar-refractivity contribution in [2.75, 3.05) is 35.5 Å². The number of urea groups is 1. The third-order valence-electron chi connectivity index (χ3n) is 11.9. The molecule has 21 heteroatoms. The number of anilines is 4. The summed E-state index contributed by atoms with van der Waals surface area (Å²) in [6, 6.07) is 27.3. The standard InChI is InChI=1S/C27H29Cl2N3O5.C16H18ClNO2.C10H13ClN2O2.2H2S/c1-5-21-23(29)14-25(32(35)36)22(6-2)26(21)30-27(34)31(16(3)17-7-9-19(28)10-8-17)24-12-11-20(37-4)13-18(24)15-33;1-11(12-3-5-14(17)6-4-12)18-16-8-7-15(20-2)9-13(16)10-19;1-3-6-8(11)5-9(13(14)15)7(4-2)10(6)12;;/h7-14,16,33H,5-6,15H2,1-4H3,(H,30,34);3-9,11,18-19H,10H2,1-2H3;5H,3-4,12H2,1-2H3;2*1H2/t16-;11-;;;/m00.../s1. The maximum atomic E-state index is 14.0. The van der Waals surface area contributed by atoms with Gasteiger partial charge in [0.1, 0.15) is 11.5 Å². The van der Waals surface area contributed by atoms with Gasteiger partial charge in [-0.05, 0) is 122 Å². The number of carbonyl (C=O) groups is 1. The second-order valence-corrected chi connectivity index (χ2v) is 17.9. The highest BCUT2D eigenvalue weighted by molar-refractivity contribution is 7.59. The minimum Gasteiger partial charge on any atom is -0.497 e. The van der Waals surface area contributed by atoms with E-state index in [0.717, 1.165) is 38.7 Å². The second kappa shape index (κ2) is 30.7. The number of carbonyl (C=O) groups excluding carboxylic acids is 1. The summed E-state index contributed by atoms with van der Waals surface area (Å²) in [4.78, 5) is 37.1. The zero-order chi connectivity index (χ0) is 53.4. The van der Waals surface area contributed by atoms with Crippen LogP contribution in [0.1, 0.15) is 98.1 Å². The van der Waals surface area contributed by atoms with Crippen LogP contribution in [0.15, 0.2) is 97.1 Å². The van der Waals surface area contributed by atoms with Crippen LogP contribution in [0.5, 0.6) is 11.5 Å². The molecule has 0 aliphatic rings. The third-order valence-corrected chi connectivity index (χ3v) is 13.1. The van der Waals surface area contributed by atoms with Gasteiger partial charge in [0.25, 0.3) is 11.4 Å². The van der Waals surface area contributed by atoms with Gasteiger partial charge >= 0.3 is 6.03 Å². The third kappa shape index (κ3) is 16.2. The first-order valence-electron chi connectivity index (χ1n) is 23.0. The highest BCUT2D eigenvalue weighted by Gasteiger charge is 2.30. The van der Waals surface area contributed by atoms with E-state index in [4.69, 9.17) is 61.6 Å². The quantitative estimate of drug-likeness (QED) is 0.0329. The van der Waals surface area contributed by atoms with Crippen LogP contribution in [0, 0.1) is 20.2 Å². The summed E-state index contributed by atoms with van der Waals surface area (Å²) < 4.78 is 10.5. The molecule has 0 fully saturated rings. The van der Waals surface area contributed by atoms with Gasteiger partial charge in [0.15, 0.2) is 0 Å². The fraction of sp³-hybridized carbons (Fsp3) is 0.302. The molecule has 400 valence electrons. The number of hydrogen-bond donors (Lipinski definition) is 5. The second-order valence-electron chi connectivity index (χ2n) is 16.2. The van der Waals surface area contributed by atoms with Gasteiger partial charge in [-0.15, -0.1) is 0 Å². The Hall–Kier alpha value is -5.63. The van der Waals surface area contributed by atoms with E-state index >= 15 is 0 Å². The van der Waals surface area contributed by atoms with Crippen molar-refractivity contribution in [2.45, 2.75) is 92.5 Å². The molecular formula is C53H64Cl4N6O9S2. The molecule has 6 N–H and O–H groups in total. The van der Waals surface area contributed by atoms with Crippen LogP contribution in [0.25, 0.3) is 0 Å². The summed E-state index contributed by atoms with van der Waals surface area (Å²) in [5, 5.41) is 50.3. The molecular weight excluding hydrogens is 1070 g/mol. The van der Waals surface area contributed by atoms with Gasteiger partial charge in [0.2, 0.25) is 0 Å². The first kappa shape index (κ1) is 64.5. The largest absolute Gasteiger partial charge is 0.497 e. The van der Waals surface area contributed by atoms with E-state index in [1.54, 1.807) is 44.4 Å². The number of benzene rings is 6. The van der Waals surface area contributed by atoms with Gasteiger partial charge in [-0.2, -0.15) is 27.0 Å². The summed E-state index contributed by atoms with van der Waals surface area (Å²) in [5.41, 5.74) is 13.4. The van der Waals surface area contributed by atoms with Crippen molar-refractivity contribution in [3.63, 3.8) is 0 Å². The summed E-state index contributed by atoms with van der Waals surface area (Å²) >= 11 is 24.3. The maximum Gasteiger partial charge on any atom is 0.326 e. The Labute approximate surface area is 466 Å². The number of rotatable bonds is 17. The molecule has 74 heavy (non-hydrogen) atoms. The van der Waals surface area contributed by atoms with Crippen LogP contribution in [0.3, 0.4) is 0 Å². The fourth-order valence-electron chi connectivity index (χ4n) is 8.02. The SMILES string of the molecule is CCc1c(Cl)cc([N+](=O)[O-])c(CC)c1N.CCc1c(Cl)cc([N+](=O)[O-])c(CC)c1NC(=O)N(c1ccc(OC)cc1CO)[C@@H](C)c1ccc(Cl)cc1.COc1ccc(N[C@@H](C)c2ccc(Cl)cc2)c(CO)c1.S.S. The lowest BCUT2D eigenvalue weighted by molar-refractivity contribution is -0.385. The highest BCUT2D eigenvalue weighted by atomic mass is 35.5. The van der Waals surface area contributed by atoms with Gasteiger partial charge in [0.05, 0.1) is 75.9 Å². The molecule has 0 aliphatic heterocycles. The molecule has 0 spiro atoms. The lowest BCUT2D eigenvalue weighted by Crippen LogP contribution is -2.38. The predicted octanol–water partition coefficient (Wildman–Crippen LogP) is 14.5. The summed E-state index contributed by atoms with van der Waals surface area (Å²) in [5.74, 6) is 1.26. The molecule has 15 nitrogen and oxygen atoms in total. The number of nitrogens with two attached hydrogens (primary N) is 1. The number of nitro benzene ring substituents is 2. The van der Waals surface area contributed by atoms with E-state index in [9.17, 15) is 35.2 Å². The lowest BCUT2D eigenvalue weighted by atomic mass is 10.0. The van der Waals surface area contributed by atoms with Crippen molar-refractivity contribution < 1.29 is 34.3 Å². The Morgan fingerprint density at radius 3 is 1.55 bits per heavy atom. The lowest BCUT2D eigenvalue weighted by Gasteiger charge is -2.32. The van der Waals surface area contributed by atoms with Gasteiger partial charge in [-0.3, -0.25) is 25.1 Å². The average Bonchev–Trinajstić information content (AvgIpc) is 3.37. The molecule has 0 unspecified atom stereocenters. The normalized spacial score (nSPS) is 11.2. The number of methoxy groups -OCH3 is 2. The Bertz CT molecular complexity index is 2850. The molecule has 0 aromatic heterocycles. The summed E-state index contributed by atoms with van der Waals surface area (Å²) in [6.07, 6.45) is 1.98. The highest BCUT2D eigenvalue weighted by Crippen LogP contribution is 2.40. The zero-order valence-corrected chi connectivity index (χ0v) is 47.3. The van der Waals surface area contributed by atoms with Crippen LogP contribution < -0.4 is 30.7 Å². The Morgan fingerprint density at radius 1 is 0.649 bits per heavy atom. The predicted molar refractivity (Wildman–Crippen MR) is 312 cm³/mol. The van der Waals surface area contributed by atoms with Crippen LogP contribution >= 0.6 is 73.4 Å². The van der Waals surface area contributed by atoms with Gasteiger partial charge in [-0.1, -0.05) is 98.4 Å². The molecule has 0 radical (unpaired) electrons.